The number of nitrogens with zero attached hydrogens (tertiary/aromatic N) is 3. The SMILES string of the molecule is O=C(CN1CCCC1)N1CCC[C@@H]1c1cccc(Cc2ccccc2)n1. The summed E-state index contributed by atoms with van der Waals surface area (Å²) in [6.07, 6.45) is 5.37. The molecule has 0 aliphatic carbocycles. The number of amides is 1. The molecule has 1 atom stereocenters. The van der Waals surface area contributed by atoms with E-state index >= 15 is 0 Å². The zero-order chi connectivity index (χ0) is 17.8. The highest BCUT2D eigenvalue weighted by molar-refractivity contribution is 5.79. The van der Waals surface area contributed by atoms with Crippen LogP contribution in [0.25, 0.3) is 0 Å². The van der Waals surface area contributed by atoms with Crippen molar-refractivity contribution in [2.45, 2.75) is 38.1 Å². The van der Waals surface area contributed by atoms with E-state index in [0.717, 1.165) is 50.3 Å². The van der Waals surface area contributed by atoms with Gasteiger partial charge in [-0.15, -0.1) is 0 Å². The van der Waals surface area contributed by atoms with E-state index in [-0.39, 0.29) is 11.9 Å². The lowest BCUT2D eigenvalue weighted by atomic mass is 10.1. The quantitative estimate of drug-likeness (QED) is 0.830. The van der Waals surface area contributed by atoms with Crippen molar-refractivity contribution in [3.8, 4) is 0 Å². The third kappa shape index (κ3) is 3.96. The summed E-state index contributed by atoms with van der Waals surface area (Å²) in [6.45, 7) is 3.56. The molecule has 2 aromatic rings. The van der Waals surface area contributed by atoms with Gasteiger partial charge in [-0.3, -0.25) is 14.7 Å². The van der Waals surface area contributed by atoms with Crippen molar-refractivity contribution in [3.05, 3.63) is 65.5 Å². The fraction of sp³-hybridized carbons (Fsp3) is 0.455. The number of aromatic nitrogens is 1. The Labute approximate surface area is 155 Å². The topological polar surface area (TPSA) is 36.4 Å². The van der Waals surface area contributed by atoms with Crippen LogP contribution in [0, 0.1) is 0 Å². The summed E-state index contributed by atoms with van der Waals surface area (Å²) in [6, 6.07) is 16.8. The molecule has 2 saturated heterocycles. The Kier molecular flexibility index (Phi) is 5.30. The molecular formula is C22H27N3O. The molecule has 0 spiro atoms. The molecule has 4 nitrogen and oxygen atoms in total. The Morgan fingerprint density at radius 1 is 0.962 bits per heavy atom. The van der Waals surface area contributed by atoms with Gasteiger partial charge in [0.1, 0.15) is 0 Å². The summed E-state index contributed by atoms with van der Waals surface area (Å²) < 4.78 is 0. The van der Waals surface area contributed by atoms with Crippen molar-refractivity contribution in [2.75, 3.05) is 26.2 Å². The second-order valence-corrected chi connectivity index (χ2v) is 7.44. The van der Waals surface area contributed by atoms with Crippen molar-refractivity contribution in [3.63, 3.8) is 0 Å². The Morgan fingerprint density at radius 3 is 2.58 bits per heavy atom. The normalized spacial score (nSPS) is 20.6. The summed E-state index contributed by atoms with van der Waals surface area (Å²) in [5.74, 6) is 0.268. The number of rotatable bonds is 5. The molecule has 0 bridgehead atoms. The lowest BCUT2D eigenvalue weighted by Crippen LogP contribution is -2.39. The average molecular weight is 349 g/mol. The lowest BCUT2D eigenvalue weighted by Gasteiger charge is -2.27. The largest absolute Gasteiger partial charge is 0.333 e. The van der Waals surface area contributed by atoms with Gasteiger partial charge in [0.2, 0.25) is 5.91 Å². The highest BCUT2D eigenvalue weighted by atomic mass is 16.2. The molecule has 4 rings (SSSR count). The van der Waals surface area contributed by atoms with E-state index in [0.29, 0.717) is 6.54 Å². The first-order valence-corrected chi connectivity index (χ1v) is 9.81. The minimum atomic E-state index is 0.140. The van der Waals surface area contributed by atoms with Crippen LogP contribution in [-0.2, 0) is 11.2 Å². The maximum atomic E-state index is 12.8. The van der Waals surface area contributed by atoms with Crippen molar-refractivity contribution < 1.29 is 4.79 Å². The monoisotopic (exact) mass is 349 g/mol. The van der Waals surface area contributed by atoms with Crippen LogP contribution >= 0.6 is 0 Å². The molecule has 0 saturated carbocycles. The van der Waals surface area contributed by atoms with Crippen LogP contribution in [0.15, 0.2) is 48.5 Å². The number of benzene rings is 1. The van der Waals surface area contributed by atoms with E-state index < -0.39 is 0 Å². The second-order valence-electron chi connectivity index (χ2n) is 7.44. The van der Waals surface area contributed by atoms with Gasteiger partial charge in [-0.2, -0.15) is 0 Å². The molecular weight excluding hydrogens is 322 g/mol. The Hall–Kier alpha value is -2.20. The molecule has 4 heteroatoms. The van der Waals surface area contributed by atoms with E-state index in [9.17, 15) is 4.79 Å². The second kappa shape index (κ2) is 8.00. The molecule has 1 amide bonds. The van der Waals surface area contributed by atoms with Crippen LogP contribution < -0.4 is 0 Å². The molecule has 26 heavy (non-hydrogen) atoms. The molecule has 2 aliphatic heterocycles. The first-order valence-electron chi connectivity index (χ1n) is 9.81. The third-order valence-electron chi connectivity index (χ3n) is 5.53. The van der Waals surface area contributed by atoms with Gasteiger partial charge in [0, 0.05) is 18.7 Å². The van der Waals surface area contributed by atoms with Gasteiger partial charge in [-0.05, 0) is 56.5 Å². The fourth-order valence-corrected chi connectivity index (χ4v) is 4.18. The van der Waals surface area contributed by atoms with Crippen LogP contribution in [0.5, 0.6) is 0 Å². The van der Waals surface area contributed by atoms with Crippen molar-refractivity contribution in [1.29, 1.82) is 0 Å². The maximum absolute atomic E-state index is 12.8. The van der Waals surface area contributed by atoms with Crippen molar-refractivity contribution in [1.82, 2.24) is 14.8 Å². The van der Waals surface area contributed by atoms with Crippen LogP contribution in [0.1, 0.15) is 48.7 Å². The van der Waals surface area contributed by atoms with Crippen molar-refractivity contribution in [2.24, 2.45) is 0 Å². The minimum Gasteiger partial charge on any atom is -0.333 e. The minimum absolute atomic E-state index is 0.140. The lowest BCUT2D eigenvalue weighted by molar-refractivity contribution is -0.133. The Bertz CT molecular complexity index is 740. The molecule has 2 aliphatic rings. The zero-order valence-corrected chi connectivity index (χ0v) is 15.3. The number of pyridine rings is 1. The van der Waals surface area contributed by atoms with Gasteiger partial charge in [-0.25, -0.2) is 0 Å². The molecule has 1 aromatic carbocycles. The van der Waals surface area contributed by atoms with E-state index in [1.54, 1.807) is 0 Å². The van der Waals surface area contributed by atoms with E-state index in [1.807, 2.05) is 6.07 Å². The Morgan fingerprint density at radius 2 is 1.77 bits per heavy atom. The highest BCUT2D eigenvalue weighted by Gasteiger charge is 2.32. The van der Waals surface area contributed by atoms with Gasteiger partial charge in [-0.1, -0.05) is 36.4 Å². The highest BCUT2D eigenvalue weighted by Crippen LogP contribution is 2.31. The van der Waals surface area contributed by atoms with E-state index in [4.69, 9.17) is 4.98 Å². The van der Waals surface area contributed by atoms with Gasteiger partial charge >= 0.3 is 0 Å². The molecule has 136 valence electrons. The fourth-order valence-electron chi connectivity index (χ4n) is 4.18. The van der Waals surface area contributed by atoms with Crippen molar-refractivity contribution >= 4 is 5.91 Å². The molecule has 0 N–H and O–H groups in total. The Balaban J connectivity index is 1.47. The number of likely N-dealkylation sites (tertiary alicyclic amines) is 2. The van der Waals surface area contributed by atoms with Gasteiger partial charge in [0.05, 0.1) is 18.3 Å². The summed E-state index contributed by atoms with van der Waals surface area (Å²) in [7, 11) is 0. The number of carbonyl (C=O) groups is 1. The first-order chi connectivity index (χ1) is 12.8. The zero-order valence-electron chi connectivity index (χ0n) is 15.3. The number of carbonyl (C=O) groups excluding carboxylic acids is 1. The average Bonchev–Trinajstić information content (AvgIpc) is 3.34. The standard InChI is InChI=1S/C22H27N3O/c26-22(17-24-13-4-5-14-24)25-15-7-12-21(25)20-11-6-10-19(23-20)16-18-8-2-1-3-9-18/h1-3,6,8-11,21H,4-5,7,12-17H2/t21-/m1/s1. The van der Waals surface area contributed by atoms with Gasteiger partial charge < -0.3 is 4.90 Å². The molecule has 1 aromatic heterocycles. The third-order valence-corrected chi connectivity index (χ3v) is 5.53. The first kappa shape index (κ1) is 17.2. The van der Waals surface area contributed by atoms with Gasteiger partial charge in [0.15, 0.2) is 0 Å². The van der Waals surface area contributed by atoms with E-state index in [2.05, 4.69) is 52.3 Å². The summed E-state index contributed by atoms with van der Waals surface area (Å²) in [5.41, 5.74) is 3.39. The van der Waals surface area contributed by atoms with E-state index in [1.165, 1.54) is 18.4 Å². The summed E-state index contributed by atoms with van der Waals surface area (Å²) >= 11 is 0. The van der Waals surface area contributed by atoms with Crippen LogP contribution in [0.4, 0.5) is 0 Å². The molecule has 2 fully saturated rings. The van der Waals surface area contributed by atoms with Crippen LogP contribution in [-0.4, -0.2) is 46.9 Å². The summed E-state index contributed by atoms with van der Waals surface area (Å²) in [5, 5.41) is 0. The predicted molar refractivity (Wildman–Crippen MR) is 103 cm³/mol. The molecule has 0 unspecified atom stereocenters. The number of hydrogen-bond acceptors (Lipinski definition) is 3. The smallest absolute Gasteiger partial charge is 0.237 e. The predicted octanol–water partition coefficient (Wildman–Crippen LogP) is 3.43. The van der Waals surface area contributed by atoms with Gasteiger partial charge in [0.25, 0.3) is 0 Å². The van der Waals surface area contributed by atoms with Crippen LogP contribution in [0.3, 0.4) is 0 Å². The van der Waals surface area contributed by atoms with Crippen LogP contribution in [0.2, 0.25) is 0 Å². The molecule has 3 heterocycles. The summed E-state index contributed by atoms with van der Waals surface area (Å²) in [4.78, 5) is 22.1. The number of hydrogen-bond donors (Lipinski definition) is 0. The molecule has 0 radical (unpaired) electrons. The maximum Gasteiger partial charge on any atom is 0.237 e.